The molecule has 120 valence electrons. The lowest BCUT2D eigenvalue weighted by molar-refractivity contribution is -0.124. The summed E-state index contributed by atoms with van der Waals surface area (Å²) in [6, 6.07) is 4.45. The smallest absolute Gasteiger partial charge is 0.265 e. The normalized spacial score (nSPS) is 23.0. The van der Waals surface area contributed by atoms with Gasteiger partial charge in [-0.3, -0.25) is 9.79 Å². The third-order valence-electron chi connectivity index (χ3n) is 3.69. The molecule has 5 nitrogen and oxygen atoms in total. The van der Waals surface area contributed by atoms with Crippen LogP contribution in [-0.2, 0) is 4.79 Å². The number of amides is 1. The van der Waals surface area contributed by atoms with E-state index < -0.39 is 17.4 Å². The molecule has 0 radical (unpaired) electrons. The highest BCUT2D eigenvalue weighted by atomic mass is 127. The van der Waals surface area contributed by atoms with Crippen molar-refractivity contribution in [2.24, 2.45) is 10.7 Å². The van der Waals surface area contributed by atoms with Gasteiger partial charge in [0.15, 0.2) is 0 Å². The fourth-order valence-electron chi connectivity index (χ4n) is 2.41. The van der Waals surface area contributed by atoms with E-state index in [0.29, 0.717) is 21.6 Å². The summed E-state index contributed by atoms with van der Waals surface area (Å²) >= 11 is 1.97. The number of hydrogen-bond donors (Lipinski definition) is 2. The molecule has 0 fully saturated rings. The third-order valence-corrected chi connectivity index (χ3v) is 4.37. The highest BCUT2D eigenvalue weighted by Crippen LogP contribution is 2.34. The molecule has 8 heteroatoms. The molecular formula is C15H13F2IN4O. The number of alkyl halides is 1. The van der Waals surface area contributed by atoms with Gasteiger partial charge in [0.2, 0.25) is 5.67 Å². The lowest BCUT2D eigenvalue weighted by Crippen LogP contribution is -2.45. The number of benzene rings is 1. The van der Waals surface area contributed by atoms with Crippen LogP contribution in [0.5, 0.6) is 0 Å². The molecular weight excluding hydrogens is 417 g/mol. The van der Waals surface area contributed by atoms with Crippen LogP contribution in [0.3, 0.4) is 0 Å². The SMILES string of the molecule is CN1CN=C2C=C(Nc3ccc(I)cc3F)C(F)(C(N)=O)C=C21. The van der Waals surface area contributed by atoms with Crippen LogP contribution < -0.4 is 11.1 Å². The Morgan fingerprint density at radius 1 is 1.52 bits per heavy atom. The van der Waals surface area contributed by atoms with Crippen LogP contribution in [0.25, 0.3) is 0 Å². The number of hydrogen-bond acceptors (Lipinski definition) is 4. The van der Waals surface area contributed by atoms with Crippen molar-refractivity contribution < 1.29 is 13.6 Å². The minimum Gasteiger partial charge on any atom is -0.366 e. The fraction of sp³-hybridized carbons (Fsp3) is 0.200. The lowest BCUT2D eigenvalue weighted by Gasteiger charge is -2.28. The van der Waals surface area contributed by atoms with Gasteiger partial charge in [-0.05, 0) is 52.9 Å². The quantitative estimate of drug-likeness (QED) is 0.723. The second-order valence-electron chi connectivity index (χ2n) is 5.30. The van der Waals surface area contributed by atoms with E-state index in [9.17, 15) is 9.18 Å². The number of nitrogens with two attached hydrogens (primary N) is 1. The number of nitrogens with zero attached hydrogens (tertiary/aromatic N) is 2. The van der Waals surface area contributed by atoms with Gasteiger partial charge in [0.25, 0.3) is 5.91 Å². The molecule has 0 aromatic heterocycles. The van der Waals surface area contributed by atoms with Crippen molar-refractivity contribution in [3.05, 3.63) is 51.1 Å². The Morgan fingerprint density at radius 2 is 2.26 bits per heavy atom. The number of fused-ring (bicyclic) bond motifs is 1. The Morgan fingerprint density at radius 3 is 2.91 bits per heavy atom. The lowest BCUT2D eigenvalue weighted by atomic mass is 9.91. The number of nitrogens with one attached hydrogen (secondary N) is 1. The fourth-order valence-corrected chi connectivity index (χ4v) is 2.87. The van der Waals surface area contributed by atoms with Crippen molar-refractivity contribution in [1.29, 1.82) is 0 Å². The molecule has 1 aromatic rings. The first-order valence-electron chi connectivity index (χ1n) is 6.73. The summed E-state index contributed by atoms with van der Waals surface area (Å²) in [4.78, 5) is 17.6. The van der Waals surface area contributed by atoms with E-state index in [1.807, 2.05) is 22.6 Å². The first-order valence-corrected chi connectivity index (χ1v) is 7.81. The van der Waals surface area contributed by atoms with E-state index in [1.54, 1.807) is 18.0 Å². The summed E-state index contributed by atoms with van der Waals surface area (Å²) < 4.78 is 29.9. The second-order valence-corrected chi connectivity index (χ2v) is 6.54. The predicted molar refractivity (Wildman–Crippen MR) is 92.0 cm³/mol. The van der Waals surface area contributed by atoms with Crippen molar-refractivity contribution in [3.8, 4) is 0 Å². The predicted octanol–water partition coefficient (Wildman–Crippen LogP) is 2.16. The summed E-state index contributed by atoms with van der Waals surface area (Å²) in [5.41, 5.74) is 3.61. The number of carbonyl (C=O) groups is 1. The van der Waals surface area contributed by atoms with Crippen LogP contribution in [0.4, 0.5) is 14.5 Å². The van der Waals surface area contributed by atoms with Crippen LogP contribution in [0.15, 0.2) is 46.7 Å². The molecule has 0 saturated heterocycles. The van der Waals surface area contributed by atoms with Gasteiger partial charge in [0, 0.05) is 10.6 Å². The molecule has 1 unspecified atom stereocenters. The number of carbonyl (C=O) groups excluding carboxylic acids is 1. The third kappa shape index (κ3) is 2.71. The number of allylic oxidation sites excluding steroid dienone is 1. The highest BCUT2D eigenvalue weighted by molar-refractivity contribution is 14.1. The molecule has 1 amide bonds. The average molecular weight is 430 g/mol. The minimum absolute atomic E-state index is 0.0590. The Bertz CT molecular complexity index is 790. The highest BCUT2D eigenvalue weighted by Gasteiger charge is 2.44. The number of aliphatic imine (C=N–C) groups is 1. The Kier molecular flexibility index (Phi) is 3.86. The summed E-state index contributed by atoms with van der Waals surface area (Å²) in [5, 5.41) is 2.64. The van der Waals surface area contributed by atoms with Gasteiger partial charge in [0.05, 0.1) is 22.8 Å². The summed E-state index contributed by atoms with van der Waals surface area (Å²) in [5.74, 6) is -1.72. The molecule has 0 spiro atoms. The van der Waals surface area contributed by atoms with E-state index >= 15 is 4.39 Å². The van der Waals surface area contributed by atoms with Crippen LogP contribution >= 0.6 is 22.6 Å². The van der Waals surface area contributed by atoms with E-state index in [2.05, 4.69) is 10.3 Å². The summed E-state index contributed by atoms with van der Waals surface area (Å²) in [7, 11) is 1.73. The molecule has 3 N–H and O–H groups in total. The largest absolute Gasteiger partial charge is 0.366 e. The topological polar surface area (TPSA) is 70.7 Å². The van der Waals surface area contributed by atoms with Crippen LogP contribution in [-0.4, -0.2) is 35.9 Å². The molecule has 1 atom stereocenters. The summed E-state index contributed by atoms with van der Waals surface area (Å²) in [6.45, 7) is 0.359. The zero-order valence-corrected chi connectivity index (χ0v) is 14.3. The Balaban J connectivity index is 2.02. The van der Waals surface area contributed by atoms with E-state index in [0.717, 1.165) is 6.08 Å². The van der Waals surface area contributed by atoms with Gasteiger partial charge in [-0.25, -0.2) is 8.78 Å². The molecule has 3 rings (SSSR count). The first kappa shape index (κ1) is 15.9. The van der Waals surface area contributed by atoms with Crippen LogP contribution in [0.1, 0.15) is 0 Å². The van der Waals surface area contributed by atoms with Gasteiger partial charge in [0.1, 0.15) is 12.5 Å². The number of halogens is 3. The molecule has 1 aliphatic heterocycles. The molecule has 1 aliphatic carbocycles. The van der Waals surface area contributed by atoms with Crippen molar-refractivity contribution in [1.82, 2.24) is 4.90 Å². The monoisotopic (exact) mass is 430 g/mol. The standard InChI is InChI=1S/C15H13F2IN4O/c1-22-7-20-11-5-13(15(17,14(19)23)6-12(11)22)21-10-3-2-8(18)4-9(10)16/h2-6,21H,7H2,1H3,(H2,19,23). The van der Waals surface area contributed by atoms with Crippen LogP contribution in [0, 0.1) is 9.39 Å². The molecule has 0 bridgehead atoms. The van der Waals surface area contributed by atoms with Gasteiger partial charge >= 0.3 is 0 Å². The van der Waals surface area contributed by atoms with Crippen molar-refractivity contribution in [2.75, 3.05) is 19.0 Å². The first-order chi connectivity index (χ1) is 10.8. The maximum atomic E-state index is 15.2. The van der Waals surface area contributed by atoms with E-state index in [4.69, 9.17) is 5.73 Å². The van der Waals surface area contributed by atoms with Crippen molar-refractivity contribution in [2.45, 2.75) is 5.67 Å². The van der Waals surface area contributed by atoms with Gasteiger partial charge < -0.3 is 16.0 Å². The van der Waals surface area contributed by atoms with Gasteiger partial charge in [-0.2, -0.15) is 0 Å². The molecule has 2 aliphatic rings. The number of rotatable bonds is 3. The zero-order valence-electron chi connectivity index (χ0n) is 12.1. The maximum Gasteiger partial charge on any atom is 0.265 e. The molecule has 0 saturated carbocycles. The van der Waals surface area contributed by atoms with Crippen molar-refractivity contribution >= 4 is 39.9 Å². The molecule has 23 heavy (non-hydrogen) atoms. The number of anilines is 1. The maximum absolute atomic E-state index is 15.2. The molecule has 1 aromatic carbocycles. The minimum atomic E-state index is -2.55. The molecule has 1 heterocycles. The van der Waals surface area contributed by atoms with E-state index in [-0.39, 0.29) is 11.4 Å². The van der Waals surface area contributed by atoms with E-state index in [1.165, 1.54) is 18.2 Å². The second kappa shape index (κ2) is 5.59. The Labute approximate surface area is 145 Å². The summed E-state index contributed by atoms with van der Waals surface area (Å²) in [6.07, 6.45) is 2.51. The van der Waals surface area contributed by atoms with Crippen LogP contribution in [0.2, 0.25) is 0 Å². The van der Waals surface area contributed by atoms with Gasteiger partial charge in [-0.15, -0.1) is 0 Å². The Hall–Kier alpha value is -1.97. The van der Waals surface area contributed by atoms with Gasteiger partial charge in [-0.1, -0.05) is 0 Å². The van der Waals surface area contributed by atoms with Crippen molar-refractivity contribution in [3.63, 3.8) is 0 Å². The zero-order chi connectivity index (χ0) is 16.8. The average Bonchev–Trinajstić information content (AvgIpc) is 2.82. The number of primary amides is 1.